The molecular formula is C20H13N3O4S2. The number of benzene rings is 2. The Balaban J connectivity index is 1.60. The molecule has 1 aliphatic heterocycles. The molecule has 5 rings (SSSR count). The summed E-state index contributed by atoms with van der Waals surface area (Å²) in [7, 11) is -3.81. The third kappa shape index (κ3) is 2.93. The molecule has 9 heteroatoms. The molecule has 0 aliphatic carbocycles. The van der Waals surface area contributed by atoms with Crippen LogP contribution in [0.15, 0.2) is 64.1 Å². The quantitative estimate of drug-likeness (QED) is 0.494. The zero-order valence-corrected chi connectivity index (χ0v) is 16.5. The molecule has 29 heavy (non-hydrogen) atoms. The van der Waals surface area contributed by atoms with E-state index in [0.29, 0.717) is 27.3 Å². The van der Waals surface area contributed by atoms with Gasteiger partial charge in [0.1, 0.15) is 23.3 Å². The topological polar surface area (TPSA) is 96.4 Å². The van der Waals surface area contributed by atoms with E-state index in [2.05, 4.69) is 11.2 Å². The van der Waals surface area contributed by atoms with Crippen molar-refractivity contribution in [3.05, 3.63) is 59.6 Å². The number of nitrogens with zero attached hydrogens (tertiary/aromatic N) is 3. The lowest BCUT2D eigenvalue weighted by Crippen LogP contribution is -2.37. The molecule has 2 aromatic heterocycles. The van der Waals surface area contributed by atoms with E-state index in [-0.39, 0.29) is 18.0 Å². The molecular weight excluding hydrogens is 410 g/mol. The summed E-state index contributed by atoms with van der Waals surface area (Å²) in [5.41, 5.74) is 1.83. The highest BCUT2D eigenvalue weighted by Gasteiger charge is 2.31. The van der Waals surface area contributed by atoms with Crippen LogP contribution in [0.4, 0.5) is 5.69 Å². The van der Waals surface area contributed by atoms with Crippen LogP contribution in [0.25, 0.3) is 21.4 Å². The summed E-state index contributed by atoms with van der Waals surface area (Å²) in [5, 5.41) is 13.4. The molecule has 0 radical (unpaired) electrons. The lowest BCUT2D eigenvalue weighted by molar-refractivity contribution is 0.316. The van der Waals surface area contributed by atoms with Gasteiger partial charge < -0.3 is 9.26 Å². The molecule has 144 valence electrons. The molecule has 0 amide bonds. The molecule has 0 bridgehead atoms. The molecule has 0 N–H and O–H groups in total. The summed E-state index contributed by atoms with van der Waals surface area (Å²) in [4.78, 5) is 1.65. The van der Waals surface area contributed by atoms with Crippen LogP contribution >= 0.6 is 11.3 Å². The smallest absolute Gasteiger partial charge is 0.264 e. The maximum absolute atomic E-state index is 13.4. The van der Waals surface area contributed by atoms with Gasteiger partial charge in [0, 0.05) is 10.3 Å². The molecule has 4 aromatic rings. The van der Waals surface area contributed by atoms with Crippen LogP contribution in [0.1, 0.15) is 4.88 Å². The van der Waals surface area contributed by atoms with Crippen molar-refractivity contribution in [3.8, 4) is 22.3 Å². The van der Waals surface area contributed by atoms with Gasteiger partial charge in [-0.05, 0) is 54.1 Å². The van der Waals surface area contributed by atoms with Gasteiger partial charge in [-0.1, -0.05) is 5.16 Å². The molecule has 1 aliphatic rings. The Kier molecular flexibility index (Phi) is 4.04. The van der Waals surface area contributed by atoms with Gasteiger partial charge in [-0.15, -0.1) is 11.3 Å². The number of hydrogen-bond donors (Lipinski definition) is 0. The summed E-state index contributed by atoms with van der Waals surface area (Å²) in [6.45, 7) is 0.465. The van der Waals surface area contributed by atoms with E-state index in [1.165, 1.54) is 27.9 Å². The normalized spacial score (nSPS) is 13.7. The highest BCUT2D eigenvalue weighted by atomic mass is 32.2. The first kappa shape index (κ1) is 17.7. The van der Waals surface area contributed by atoms with Gasteiger partial charge in [0.25, 0.3) is 10.0 Å². The molecule has 0 atom stereocenters. The van der Waals surface area contributed by atoms with Crippen molar-refractivity contribution in [2.24, 2.45) is 0 Å². The van der Waals surface area contributed by atoms with Gasteiger partial charge in [-0.2, -0.15) is 5.26 Å². The second-order valence-electron chi connectivity index (χ2n) is 6.41. The number of thiophene rings is 1. The van der Waals surface area contributed by atoms with E-state index in [1.807, 2.05) is 12.1 Å². The first-order valence-corrected chi connectivity index (χ1v) is 11.0. The lowest BCUT2D eigenvalue weighted by atomic mass is 10.1. The van der Waals surface area contributed by atoms with E-state index in [1.54, 1.807) is 30.3 Å². The average Bonchev–Trinajstić information content (AvgIpc) is 3.41. The van der Waals surface area contributed by atoms with Crippen LogP contribution in [-0.2, 0) is 10.0 Å². The average molecular weight is 423 g/mol. The molecule has 0 spiro atoms. The molecule has 0 saturated heterocycles. The summed E-state index contributed by atoms with van der Waals surface area (Å²) in [6, 6.07) is 15.8. The summed E-state index contributed by atoms with van der Waals surface area (Å²) in [6.07, 6.45) is 1.49. The molecule has 2 aromatic carbocycles. The molecule has 0 unspecified atom stereocenters. The minimum Gasteiger partial charge on any atom is -0.489 e. The first-order chi connectivity index (χ1) is 14.1. The van der Waals surface area contributed by atoms with Crippen molar-refractivity contribution in [2.75, 3.05) is 17.5 Å². The number of nitriles is 1. The molecule has 3 heterocycles. The molecule has 0 fully saturated rings. The van der Waals surface area contributed by atoms with Crippen LogP contribution in [0.2, 0.25) is 0 Å². The predicted octanol–water partition coefficient (Wildman–Crippen LogP) is 4.02. The first-order valence-electron chi connectivity index (χ1n) is 8.70. The minimum absolute atomic E-state index is 0.161. The maximum atomic E-state index is 13.4. The molecule has 7 nitrogen and oxygen atoms in total. The summed E-state index contributed by atoms with van der Waals surface area (Å²) >= 11 is 1.36. The van der Waals surface area contributed by atoms with Gasteiger partial charge in [-0.25, -0.2) is 8.42 Å². The van der Waals surface area contributed by atoms with Crippen LogP contribution in [0.3, 0.4) is 0 Å². The fraction of sp³-hybridized carbons (Fsp3) is 0.100. The number of rotatable bonds is 3. The van der Waals surface area contributed by atoms with Gasteiger partial charge in [0.15, 0.2) is 5.58 Å². The van der Waals surface area contributed by atoms with Crippen molar-refractivity contribution < 1.29 is 17.7 Å². The molecule has 0 saturated carbocycles. The number of anilines is 1. The van der Waals surface area contributed by atoms with Crippen LogP contribution in [-0.4, -0.2) is 26.7 Å². The van der Waals surface area contributed by atoms with Crippen molar-refractivity contribution >= 4 is 38.0 Å². The highest BCUT2D eigenvalue weighted by molar-refractivity contribution is 7.92. The Hall–Kier alpha value is -3.35. The second kappa shape index (κ2) is 6.62. The minimum atomic E-state index is -3.81. The van der Waals surface area contributed by atoms with Crippen LogP contribution in [0, 0.1) is 11.3 Å². The summed E-state index contributed by atoms with van der Waals surface area (Å²) in [5.74, 6) is 0.506. The fourth-order valence-corrected chi connectivity index (χ4v) is 5.57. The van der Waals surface area contributed by atoms with E-state index in [9.17, 15) is 8.42 Å². The van der Waals surface area contributed by atoms with Crippen molar-refractivity contribution in [2.45, 2.75) is 4.90 Å². The predicted molar refractivity (Wildman–Crippen MR) is 109 cm³/mol. The van der Waals surface area contributed by atoms with E-state index in [0.717, 1.165) is 10.4 Å². The van der Waals surface area contributed by atoms with Crippen molar-refractivity contribution in [1.82, 2.24) is 5.16 Å². The van der Waals surface area contributed by atoms with E-state index in [4.69, 9.17) is 14.5 Å². The third-order valence-electron chi connectivity index (χ3n) is 4.69. The summed E-state index contributed by atoms with van der Waals surface area (Å²) < 4.78 is 38.9. The van der Waals surface area contributed by atoms with Crippen molar-refractivity contribution in [3.63, 3.8) is 0 Å². The number of aromatic nitrogens is 1. The Morgan fingerprint density at radius 3 is 2.86 bits per heavy atom. The second-order valence-corrected chi connectivity index (χ2v) is 9.36. The largest absolute Gasteiger partial charge is 0.489 e. The van der Waals surface area contributed by atoms with Crippen LogP contribution in [0.5, 0.6) is 5.75 Å². The van der Waals surface area contributed by atoms with Crippen molar-refractivity contribution in [1.29, 1.82) is 5.26 Å². The van der Waals surface area contributed by atoms with Gasteiger partial charge in [0.2, 0.25) is 0 Å². The zero-order chi connectivity index (χ0) is 20.0. The van der Waals surface area contributed by atoms with Gasteiger partial charge >= 0.3 is 0 Å². The maximum Gasteiger partial charge on any atom is 0.264 e. The van der Waals surface area contributed by atoms with Gasteiger partial charge in [-0.3, -0.25) is 4.31 Å². The third-order valence-corrected chi connectivity index (χ3v) is 7.54. The number of hydrogen-bond acceptors (Lipinski definition) is 7. The van der Waals surface area contributed by atoms with E-state index < -0.39 is 10.0 Å². The highest BCUT2D eigenvalue weighted by Crippen LogP contribution is 2.40. The number of fused-ring (bicyclic) bond motifs is 2. The van der Waals surface area contributed by atoms with Crippen LogP contribution < -0.4 is 9.04 Å². The Morgan fingerprint density at radius 2 is 2.03 bits per heavy atom. The Labute approximate surface area is 170 Å². The Morgan fingerprint density at radius 1 is 1.14 bits per heavy atom. The standard InChI is InChI=1S/C20H13N3O4S2/c21-11-15-2-6-20(28-15)13-1-4-19-17(10-13)23(7-8-26-19)29(24,25)16-3-5-18-14(9-16)12-22-27-18/h1-6,9-10,12H,7-8H2. The number of sulfonamides is 1. The van der Waals surface area contributed by atoms with E-state index >= 15 is 0 Å². The lowest BCUT2D eigenvalue weighted by Gasteiger charge is -2.30. The van der Waals surface area contributed by atoms with Gasteiger partial charge in [0.05, 0.1) is 23.3 Å². The fourth-order valence-electron chi connectivity index (χ4n) is 3.29. The monoisotopic (exact) mass is 423 g/mol. The zero-order valence-electron chi connectivity index (χ0n) is 14.9. The SMILES string of the molecule is N#Cc1ccc(-c2ccc3c(c2)N(S(=O)(=O)c2ccc4oncc4c2)CCO3)s1. The Bertz CT molecular complexity index is 1380. The number of ether oxygens (including phenoxy) is 1.